The Morgan fingerprint density at radius 1 is 1.13 bits per heavy atom. The van der Waals surface area contributed by atoms with Gasteiger partial charge in [-0.05, 0) is 43.5 Å². The number of carbonyl (C=O) groups excluding carboxylic acids is 1. The summed E-state index contributed by atoms with van der Waals surface area (Å²) in [6.45, 7) is 6.55. The van der Waals surface area contributed by atoms with Crippen LogP contribution in [0.5, 0.6) is 0 Å². The number of urea groups is 1. The molecule has 0 saturated heterocycles. The summed E-state index contributed by atoms with van der Waals surface area (Å²) < 4.78 is 1.51. The summed E-state index contributed by atoms with van der Waals surface area (Å²) >= 11 is 12.3. The van der Waals surface area contributed by atoms with Crippen LogP contribution in [-0.4, -0.2) is 27.0 Å². The lowest BCUT2D eigenvalue weighted by molar-refractivity contribution is 0.184. The van der Waals surface area contributed by atoms with Crippen LogP contribution in [0.1, 0.15) is 39.1 Å². The smallest absolute Gasteiger partial charge is 0.315 e. The van der Waals surface area contributed by atoms with Crippen LogP contribution in [0.2, 0.25) is 10.0 Å². The molecule has 0 spiro atoms. The third-order valence-corrected chi connectivity index (χ3v) is 6.08. The number of carbonyl (C=O) groups is 1. The lowest BCUT2D eigenvalue weighted by Gasteiger charge is -2.30. The van der Waals surface area contributed by atoms with E-state index in [2.05, 4.69) is 19.2 Å². The fourth-order valence-electron chi connectivity index (χ4n) is 3.40. The molecule has 0 bridgehead atoms. The predicted molar refractivity (Wildman–Crippen MR) is 127 cm³/mol. The van der Waals surface area contributed by atoms with E-state index in [9.17, 15) is 9.59 Å². The van der Waals surface area contributed by atoms with Gasteiger partial charge in [-0.2, -0.15) is 0 Å². The minimum atomic E-state index is -0.445. The number of para-hydroxylation sites is 1. The minimum Gasteiger partial charge on any atom is -0.315 e. The Morgan fingerprint density at radius 3 is 2.55 bits per heavy atom. The van der Waals surface area contributed by atoms with E-state index in [0.717, 1.165) is 6.42 Å². The number of nitrogens with zero attached hydrogens (tertiary/aromatic N) is 3. The normalized spacial score (nSPS) is 12.2. The fourth-order valence-corrected chi connectivity index (χ4v) is 3.75. The molecule has 1 N–H and O–H groups in total. The summed E-state index contributed by atoms with van der Waals surface area (Å²) in [7, 11) is 1.68. The van der Waals surface area contributed by atoms with Crippen LogP contribution in [0.3, 0.4) is 0 Å². The summed E-state index contributed by atoms with van der Waals surface area (Å²) in [6, 6.07) is 11.5. The van der Waals surface area contributed by atoms with Crippen LogP contribution in [0.4, 0.5) is 10.5 Å². The molecule has 0 saturated carbocycles. The molecule has 0 fully saturated rings. The van der Waals surface area contributed by atoms with E-state index in [1.807, 2.05) is 19.1 Å². The summed E-state index contributed by atoms with van der Waals surface area (Å²) in [5.74, 6) is 0.908. The molecule has 1 atom stereocenters. The van der Waals surface area contributed by atoms with Gasteiger partial charge in [-0.15, -0.1) is 0 Å². The van der Waals surface area contributed by atoms with E-state index in [1.54, 1.807) is 42.3 Å². The van der Waals surface area contributed by atoms with Crippen molar-refractivity contribution < 1.29 is 4.79 Å². The third kappa shape index (κ3) is 5.02. The molecule has 0 aliphatic carbocycles. The van der Waals surface area contributed by atoms with Crippen LogP contribution in [0, 0.1) is 5.92 Å². The first-order valence-corrected chi connectivity index (χ1v) is 10.9. The predicted octanol–water partition coefficient (Wildman–Crippen LogP) is 5.88. The molecular weight excluding hydrogens is 435 g/mol. The lowest BCUT2D eigenvalue weighted by atomic mass is 10.1. The zero-order chi connectivity index (χ0) is 22.7. The molecule has 164 valence electrons. The molecule has 1 unspecified atom stereocenters. The van der Waals surface area contributed by atoms with Crippen molar-refractivity contribution in [2.75, 3.05) is 11.9 Å². The van der Waals surface area contributed by atoms with Gasteiger partial charge in [0, 0.05) is 13.6 Å². The van der Waals surface area contributed by atoms with Gasteiger partial charge in [0.1, 0.15) is 5.82 Å². The molecular formula is C23H26Cl2N4O2. The van der Waals surface area contributed by atoms with E-state index in [1.165, 1.54) is 4.57 Å². The number of halogens is 2. The van der Waals surface area contributed by atoms with Crippen molar-refractivity contribution in [1.29, 1.82) is 0 Å². The fraction of sp³-hybridized carbons (Fsp3) is 0.348. The maximum Gasteiger partial charge on any atom is 0.322 e. The van der Waals surface area contributed by atoms with Crippen molar-refractivity contribution in [3.63, 3.8) is 0 Å². The summed E-state index contributed by atoms with van der Waals surface area (Å²) in [5, 5.41) is 4.04. The Kier molecular flexibility index (Phi) is 7.23. The van der Waals surface area contributed by atoms with Crippen molar-refractivity contribution in [3.05, 3.63) is 68.7 Å². The molecule has 1 heterocycles. The van der Waals surface area contributed by atoms with Gasteiger partial charge in [0.2, 0.25) is 0 Å². The first-order chi connectivity index (χ1) is 14.7. The van der Waals surface area contributed by atoms with Gasteiger partial charge < -0.3 is 10.2 Å². The number of rotatable bonds is 6. The van der Waals surface area contributed by atoms with Gasteiger partial charge in [-0.25, -0.2) is 9.78 Å². The van der Waals surface area contributed by atoms with Crippen LogP contribution < -0.4 is 10.9 Å². The summed E-state index contributed by atoms with van der Waals surface area (Å²) in [5.41, 5.74) is 0.894. The van der Waals surface area contributed by atoms with Crippen molar-refractivity contribution in [1.82, 2.24) is 14.5 Å². The van der Waals surface area contributed by atoms with Crippen LogP contribution in [-0.2, 0) is 7.05 Å². The first kappa shape index (κ1) is 23.1. The number of fused-ring (bicyclic) bond motifs is 1. The van der Waals surface area contributed by atoms with Crippen molar-refractivity contribution in [2.45, 2.75) is 33.2 Å². The monoisotopic (exact) mass is 460 g/mol. The van der Waals surface area contributed by atoms with Gasteiger partial charge in [0.15, 0.2) is 0 Å². The lowest BCUT2D eigenvalue weighted by Crippen LogP contribution is -2.40. The van der Waals surface area contributed by atoms with E-state index in [0.29, 0.717) is 39.9 Å². The average molecular weight is 461 g/mol. The molecule has 2 aromatic carbocycles. The number of hydrogen-bond donors (Lipinski definition) is 1. The van der Waals surface area contributed by atoms with Gasteiger partial charge >= 0.3 is 6.03 Å². The number of aromatic nitrogens is 2. The van der Waals surface area contributed by atoms with Crippen LogP contribution >= 0.6 is 23.2 Å². The SMILES string of the molecule is CC(C)CCN(C(=O)Nc1cccc(Cl)c1Cl)C(C)c1nc2ccccc2c(=O)n1C. The second kappa shape index (κ2) is 9.71. The highest BCUT2D eigenvalue weighted by atomic mass is 35.5. The highest BCUT2D eigenvalue weighted by Gasteiger charge is 2.26. The quantitative estimate of drug-likeness (QED) is 0.499. The van der Waals surface area contributed by atoms with Crippen LogP contribution in [0.25, 0.3) is 10.9 Å². The van der Waals surface area contributed by atoms with Crippen LogP contribution in [0.15, 0.2) is 47.3 Å². The van der Waals surface area contributed by atoms with E-state index in [4.69, 9.17) is 28.2 Å². The molecule has 8 heteroatoms. The Balaban J connectivity index is 1.99. The molecule has 0 aliphatic rings. The second-order valence-corrected chi connectivity index (χ2v) is 8.72. The number of nitrogens with one attached hydrogen (secondary N) is 1. The van der Waals surface area contributed by atoms with Gasteiger partial charge in [0.25, 0.3) is 5.56 Å². The minimum absolute atomic E-state index is 0.144. The number of hydrogen-bond acceptors (Lipinski definition) is 3. The maximum atomic E-state index is 13.3. The molecule has 1 aromatic heterocycles. The van der Waals surface area contributed by atoms with Crippen molar-refractivity contribution >= 4 is 45.8 Å². The molecule has 3 rings (SSSR count). The first-order valence-electron chi connectivity index (χ1n) is 10.2. The van der Waals surface area contributed by atoms with E-state index >= 15 is 0 Å². The zero-order valence-corrected chi connectivity index (χ0v) is 19.5. The Morgan fingerprint density at radius 2 is 1.84 bits per heavy atom. The second-order valence-electron chi connectivity index (χ2n) is 7.93. The Hall–Kier alpha value is -2.57. The number of benzene rings is 2. The van der Waals surface area contributed by atoms with Crippen molar-refractivity contribution in [3.8, 4) is 0 Å². The molecule has 0 aliphatic heterocycles. The van der Waals surface area contributed by atoms with Crippen molar-refractivity contribution in [2.24, 2.45) is 13.0 Å². The zero-order valence-electron chi connectivity index (χ0n) is 18.0. The molecule has 3 aromatic rings. The standard InChI is InChI=1S/C23H26Cl2N4O2/c1-14(2)12-13-29(23(31)27-19-11-7-9-17(24)20(19)25)15(3)21-26-18-10-6-5-8-16(18)22(30)28(21)4/h5-11,14-15H,12-13H2,1-4H3,(H,27,31). The highest BCUT2D eigenvalue weighted by Crippen LogP contribution is 2.30. The van der Waals surface area contributed by atoms with Gasteiger partial charge in [-0.3, -0.25) is 9.36 Å². The molecule has 2 amide bonds. The summed E-state index contributed by atoms with van der Waals surface area (Å²) in [6.07, 6.45) is 0.794. The molecule has 6 nitrogen and oxygen atoms in total. The van der Waals surface area contributed by atoms with Gasteiger partial charge in [0.05, 0.1) is 32.7 Å². The highest BCUT2D eigenvalue weighted by molar-refractivity contribution is 6.43. The third-order valence-electron chi connectivity index (χ3n) is 5.26. The Bertz CT molecular complexity index is 1160. The van der Waals surface area contributed by atoms with Gasteiger partial charge in [-0.1, -0.05) is 55.2 Å². The molecule has 31 heavy (non-hydrogen) atoms. The molecule has 0 radical (unpaired) electrons. The van der Waals surface area contributed by atoms with E-state index in [-0.39, 0.29) is 16.6 Å². The van der Waals surface area contributed by atoms with E-state index < -0.39 is 6.04 Å². The summed E-state index contributed by atoms with van der Waals surface area (Å²) in [4.78, 5) is 32.5. The largest absolute Gasteiger partial charge is 0.322 e. The number of anilines is 1. The maximum absolute atomic E-state index is 13.3. The Labute approximate surface area is 191 Å². The topological polar surface area (TPSA) is 67.2 Å². The average Bonchev–Trinajstić information content (AvgIpc) is 2.73. The number of amides is 2.